The zero-order valence-electron chi connectivity index (χ0n) is 15.5. The van der Waals surface area contributed by atoms with Gasteiger partial charge in [0.1, 0.15) is 11.3 Å². The van der Waals surface area contributed by atoms with Crippen LogP contribution in [0.3, 0.4) is 0 Å². The SMILES string of the molecule is COc1ccc(-c2oc3cc(C)ccc3c(=O)c2OC(=O)c2ccc(Br)o2)cc1. The van der Waals surface area contributed by atoms with E-state index >= 15 is 0 Å². The quantitative estimate of drug-likeness (QED) is 0.386. The lowest BCUT2D eigenvalue weighted by molar-refractivity contribution is 0.0696. The first-order valence-electron chi connectivity index (χ1n) is 8.65. The number of hydrogen-bond acceptors (Lipinski definition) is 6. The third-order valence-electron chi connectivity index (χ3n) is 4.33. The molecule has 2 aromatic heterocycles. The molecule has 6 nitrogen and oxygen atoms in total. The molecule has 0 unspecified atom stereocenters. The molecule has 0 N–H and O–H groups in total. The lowest BCUT2D eigenvalue weighted by Gasteiger charge is -2.11. The van der Waals surface area contributed by atoms with Gasteiger partial charge in [0.05, 0.1) is 12.5 Å². The number of carbonyl (C=O) groups is 1. The van der Waals surface area contributed by atoms with Crippen molar-refractivity contribution in [2.24, 2.45) is 0 Å². The van der Waals surface area contributed by atoms with E-state index in [0.717, 1.165) is 5.56 Å². The molecule has 0 aliphatic rings. The largest absolute Gasteiger partial charge is 0.497 e. The van der Waals surface area contributed by atoms with Crippen LogP contribution in [-0.4, -0.2) is 13.1 Å². The smallest absolute Gasteiger partial charge is 0.379 e. The molecule has 0 radical (unpaired) electrons. The van der Waals surface area contributed by atoms with Crippen LogP contribution in [-0.2, 0) is 0 Å². The number of methoxy groups -OCH3 is 1. The van der Waals surface area contributed by atoms with Crippen LogP contribution >= 0.6 is 15.9 Å². The molecule has 0 fully saturated rings. The van der Waals surface area contributed by atoms with Crippen molar-refractivity contribution in [3.8, 4) is 22.8 Å². The van der Waals surface area contributed by atoms with Crippen LogP contribution in [0.2, 0.25) is 0 Å². The number of carbonyl (C=O) groups excluding carboxylic acids is 1. The summed E-state index contributed by atoms with van der Waals surface area (Å²) in [6, 6.07) is 15.1. The van der Waals surface area contributed by atoms with Crippen LogP contribution in [0.25, 0.3) is 22.3 Å². The molecule has 4 rings (SSSR count). The van der Waals surface area contributed by atoms with E-state index in [-0.39, 0.29) is 17.3 Å². The summed E-state index contributed by atoms with van der Waals surface area (Å²) in [5.74, 6) is -0.254. The molecule has 29 heavy (non-hydrogen) atoms. The highest BCUT2D eigenvalue weighted by Crippen LogP contribution is 2.33. The first-order chi connectivity index (χ1) is 14.0. The maximum atomic E-state index is 13.1. The predicted octanol–water partition coefficient (Wildman–Crippen LogP) is 5.35. The monoisotopic (exact) mass is 454 g/mol. The van der Waals surface area contributed by atoms with E-state index in [1.165, 1.54) is 6.07 Å². The Morgan fingerprint density at radius 3 is 2.41 bits per heavy atom. The number of fused-ring (bicyclic) bond motifs is 1. The van der Waals surface area contributed by atoms with E-state index in [9.17, 15) is 9.59 Å². The number of rotatable bonds is 4. The number of hydrogen-bond donors (Lipinski definition) is 0. The fourth-order valence-corrected chi connectivity index (χ4v) is 3.18. The van der Waals surface area contributed by atoms with Crippen molar-refractivity contribution in [2.45, 2.75) is 6.92 Å². The van der Waals surface area contributed by atoms with Crippen LogP contribution in [0.4, 0.5) is 0 Å². The molecule has 7 heteroatoms. The summed E-state index contributed by atoms with van der Waals surface area (Å²) in [6.07, 6.45) is 0. The minimum atomic E-state index is -0.802. The van der Waals surface area contributed by atoms with E-state index in [4.69, 9.17) is 18.3 Å². The highest BCUT2D eigenvalue weighted by Gasteiger charge is 2.23. The summed E-state index contributed by atoms with van der Waals surface area (Å²) in [5, 5.41) is 0.316. The fourth-order valence-electron chi connectivity index (χ4n) is 2.88. The number of ether oxygens (including phenoxy) is 2. The minimum absolute atomic E-state index is 0.0408. The lowest BCUT2D eigenvalue weighted by atomic mass is 10.1. The Balaban J connectivity index is 1.89. The summed E-state index contributed by atoms with van der Waals surface area (Å²) in [4.78, 5) is 25.6. The van der Waals surface area contributed by atoms with Gasteiger partial charge in [-0.25, -0.2) is 4.79 Å². The van der Waals surface area contributed by atoms with Gasteiger partial charge in [-0.05, 0) is 76.9 Å². The molecule has 0 saturated carbocycles. The second-order valence-electron chi connectivity index (χ2n) is 6.31. The van der Waals surface area contributed by atoms with Crippen LogP contribution in [0.1, 0.15) is 16.1 Å². The molecule has 0 bridgehead atoms. The normalized spacial score (nSPS) is 10.9. The molecule has 0 amide bonds. The van der Waals surface area contributed by atoms with Gasteiger partial charge in [0.25, 0.3) is 0 Å². The van der Waals surface area contributed by atoms with Gasteiger partial charge in [-0.3, -0.25) is 4.79 Å². The van der Waals surface area contributed by atoms with Crippen molar-refractivity contribution in [1.29, 1.82) is 0 Å². The Morgan fingerprint density at radius 2 is 1.76 bits per heavy atom. The van der Waals surface area contributed by atoms with Crippen LogP contribution in [0.15, 0.2) is 72.9 Å². The van der Waals surface area contributed by atoms with Gasteiger partial charge >= 0.3 is 5.97 Å². The van der Waals surface area contributed by atoms with E-state index in [1.807, 2.05) is 6.92 Å². The number of aryl methyl sites for hydroxylation is 1. The lowest BCUT2D eigenvalue weighted by Crippen LogP contribution is -2.16. The number of halogens is 1. The van der Waals surface area contributed by atoms with Gasteiger partial charge < -0.3 is 18.3 Å². The average molecular weight is 455 g/mol. The van der Waals surface area contributed by atoms with E-state index in [1.54, 1.807) is 55.6 Å². The Hall–Kier alpha value is -3.32. The van der Waals surface area contributed by atoms with E-state index < -0.39 is 11.4 Å². The Labute approximate surface area is 173 Å². The van der Waals surface area contributed by atoms with Crippen molar-refractivity contribution < 1.29 is 23.1 Å². The third-order valence-corrected chi connectivity index (χ3v) is 4.75. The van der Waals surface area contributed by atoms with Crippen LogP contribution in [0, 0.1) is 6.92 Å². The van der Waals surface area contributed by atoms with Crippen molar-refractivity contribution >= 4 is 32.9 Å². The Morgan fingerprint density at radius 1 is 1.00 bits per heavy atom. The summed E-state index contributed by atoms with van der Waals surface area (Å²) in [5.41, 5.74) is 1.46. The van der Waals surface area contributed by atoms with E-state index in [2.05, 4.69) is 15.9 Å². The van der Waals surface area contributed by atoms with Crippen molar-refractivity contribution in [2.75, 3.05) is 7.11 Å². The average Bonchev–Trinajstić information content (AvgIpc) is 3.16. The number of furan rings is 1. The maximum Gasteiger partial charge on any atom is 0.379 e. The number of benzene rings is 2. The minimum Gasteiger partial charge on any atom is -0.497 e. The highest BCUT2D eigenvalue weighted by atomic mass is 79.9. The molecule has 0 saturated heterocycles. The molecule has 2 aromatic carbocycles. The second-order valence-corrected chi connectivity index (χ2v) is 7.09. The summed E-state index contributed by atoms with van der Waals surface area (Å²) < 4.78 is 22.2. The number of esters is 1. The van der Waals surface area contributed by atoms with Gasteiger partial charge in [0.15, 0.2) is 10.4 Å². The Bertz CT molecular complexity index is 1270. The zero-order chi connectivity index (χ0) is 20.5. The summed E-state index contributed by atoms with van der Waals surface area (Å²) in [6.45, 7) is 1.90. The standard InChI is InChI=1S/C22H15BrO6/c1-12-3-8-15-17(11-12)28-20(13-4-6-14(26-2)7-5-13)21(19(15)24)29-22(25)16-9-10-18(23)27-16/h3-11H,1-2H3. The van der Waals surface area contributed by atoms with Crippen molar-refractivity contribution in [3.63, 3.8) is 0 Å². The molecule has 2 heterocycles. The van der Waals surface area contributed by atoms with Crippen molar-refractivity contribution in [3.05, 3.63) is 80.8 Å². The summed E-state index contributed by atoms with van der Waals surface area (Å²) in [7, 11) is 1.56. The highest BCUT2D eigenvalue weighted by molar-refractivity contribution is 9.10. The van der Waals surface area contributed by atoms with Gasteiger partial charge in [-0.15, -0.1) is 0 Å². The molecule has 0 atom stereocenters. The van der Waals surface area contributed by atoms with Crippen LogP contribution in [0.5, 0.6) is 11.5 Å². The zero-order valence-corrected chi connectivity index (χ0v) is 17.1. The molecule has 0 aliphatic carbocycles. The maximum absolute atomic E-state index is 13.1. The Kier molecular flexibility index (Phi) is 4.98. The summed E-state index contributed by atoms with van der Waals surface area (Å²) >= 11 is 3.14. The third kappa shape index (κ3) is 3.69. The van der Waals surface area contributed by atoms with Gasteiger partial charge in [0, 0.05) is 5.56 Å². The van der Waals surface area contributed by atoms with Crippen LogP contribution < -0.4 is 14.9 Å². The predicted molar refractivity (Wildman–Crippen MR) is 111 cm³/mol. The molecule has 0 spiro atoms. The molecular formula is C22H15BrO6. The molecule has 146 valence electrons. The molecule has 4 aromatic rings. The van der Waals surface area contributed by atoms with Gasteiger partial charge in [-0.2, -0.15) is 0 Å². The molecular weight excluding hydrogens is 440 g/mol. The second kappa shape index (κ2) is 7.60. The molecule has 0 aliphatic heterocycles. The van der Waals surface area contributed by atoms with Gasteiger partial charge in [-0.1, -0.05) is 6.07 Å². The first kappa shape index (κ1) is 19.0. The van der Waals surface area contributed by atoms with Gasteiger partial charge in [0.2, 0.25) is 16.9 Å². The van der Waals surface area contributed by atoms with Crippen molar-refractivity contribution in [1.82, 2.24) is 0 Å². The van der Waals surface area contributed by atoms with E-state index in [0.29, 0.717) is 27.0 Å². The fraction of sp³-hybridized carbons (Fsp3) is 0.0909. The first-order valence-corrected chi connectivity index (χ1v) is 9.45. The topological polar surface area (TPSA) is 78.9 Å².